The van der Waals surface area contributed by atoms with Gasteiger partial charge in [-0.15, -0.1) is 0 Å². The first-order valence-corrected chi connectivity index (χ1v) is 8.57. The first-order valence-electron chi connectivity index (χ1n) is 7.34. The molecule has 5 heteroatoms. The van der Waals surface area contributed by atoms with E-state index in [1.165, 1.54) is 11.8 Å². The fourth-order valence-electron chi connectivity index (χ4n) is 2.22. The highest BCUT2D eigenvalue weighted by molar-refractivity contribution is 8.13. The van der Waals surface area contributed by atoms with Crippen LogP contribution in [0.3, 0.4) is 0 Å². The Balaban J connectivity index is 2.43. The fraction of sp³-hybridized carbons (Fsp3) is 0.222. The second kappa shape index (κ2) is 7.33. The van der Waals surface area contributed by atoms with E-state index in [-0.39, 0.29) is 16.8 Å². The zero-order chi connectivity index (χ0) is 17.0. The molecular formula is C18H21N3OS. The smallest absolute Gasteiger partial charge is 0.166 e. The summed E-state index contributed by atoms with van der Waals surface area (Å²) in [6, 6.07) is 14.4. The number of hydrogen-bond donors (Lipinski definition) is 3. The van der Waals surface area contributed by atoms with Crippen molar-refractivity contribution >= 4 is 28.5 Å². The van der Waals surface area contributed by atoms with Gasteiger partial charge in [-0.05, 0) is 48.1 Å². The molecule has 0 saturated heterocycles. The minimum Gasteiger partial charge on any atom is -0.508 e. The Kier molecular flexibility index (Phi) is 5.45. The van der Waals surface area contributed by atoms with Crippen molar-refractivity contribution in [2.75, 3.05) is 11.2 Å². The number of nitrogens with one attached hydrogen (secondary N) is 2. The van der Waals surface area contributed by atoms with Crippen LogP contribution in [0.5, 0.6) is 5.75 Å². The largest absolute Gasteiger partial charge is 0.508 e. The predicted molar refractivity (Wildman–Crippen MR) is 99.2 cm³/mol. The maximum Gasteiger partial charge on any atom is 0.166 e. The van der Waals surface area contributed by atoms with Crippen LogP contribution in [0, 0.1) is 10.8 Å². The van der Waals surface area contributed by atoms with E-state index in [4.69, 9.17) is 10.8 Å². The van der Waals surface area contributed by atoms with Crippen LogP contribution in [0.1, 0.15) is 30.9 Å². The number of thioether (sulfide) groups is 1. The van der Waals surface area contributed by atoms with Gasteiger partial charge >= 0.3 is 0 Å². The van der Waals surface area contributed by atoms with Gasteiger partial charge in [0.1, 0.15) is 11.6 Å². The van der Waals surface area contributed by atoms with Crippen LogP contribution in [0.2, 0.25) is 0 Å². The lowest BCUT2D eigenvalue weighted by Gasteiger charge is -2.25. The van der Waals surface area contributed by atoms with Crippen molar-refractivity contribution in [3.63, 3.8) is 0 Å². The number of benzene rings is 2. The standard InChI is InChI=1S/C18H21N3OS/c1-12(2)13-5-4-6-14(11-13)17(19)21(18(20)23-3)15-7-9-16(22)10-8-15/h4-12,19-20,22H,1-3H3. The number of amidine groups is 2. The molecule has 0 fully saturated rings. The van der Waals surface area contributed by atoms with E-state index in [0.29, 0.717) is 11.6 Å². The summed E-state index contributed by atoms with van der Waals surface area (Å²) in [5, 5.41) is 26.5. The molecule has 0 radical (unpaired) electrons. The van der Waals surface area contributed by atoms with Gasteiger partial charge in [0.2, 0.25) is 0 Å². The molecule has 4 nitrogen and oxygen atoms in total. The van der Waals surface area contributed by atoms with Crippen LogP contribution in [0.25, 0.3) is 0 Å². The van der Waals surface area contributed by atoms with E-state index in [2.05, 4.69) is 13.8 Å². The summed E-state index contributed by atoms with van der Waals surface area (Å²) in [4.78, 5) is 1.57. The van der Waals surface area contributed by atoms with E-state index in [9.17, 15) is 5.11 Å². The molecule has 0 aliphatic carbocycles. The Bertz CT molecular complexity index is 710. The average molecular weight is 327 g/mol. The molecular weight excluding hydrogens is 306 g/mol. The Labute approximate surface area is 141 Å². The fourth-order valence-corrected chi connectivity index (χ4v) is 2.59. The summed E-state index contributed by atoms with van der Waals surface area (Å²) in [6.45, 7) is 4.23. The molecule has 0 aliphatic heterocycles. The van der Waals surface area contributed by atoms with E-state index >= 15 is 0 Å². The predicted octanol–water partition coefficient (Wildman–Crippen LogP) is 4.65. The summed E-state index contributed by atoms with van der Waals surface area (Å²) in [7, 11) is 0. The van der Waals surface area contributed by atoms with Crippen LogP contribution in [-0.2, 0) is 0 Å². The maximum atomic E-state index is 9.46. The highest BCUT2D eigenvalue weighted by Crippen LogP contribution is 2.24. The van der Waals surface area contributed by atoms with Crippen molar-refractivity contribution in [3.8, 4) is 5.75 Å². The Morgan fingerprint density at radius 2 is 1.74 bits per heavy atom. The van der Waals surface area contributed by atoms with E-state index in [0.717, 1.165) is 11.1 Å². The normalized spacial score (nSPS) is 10.6. The third kappa shape index (κ3) is 3.93. The third-order valence-corrected chi connectivity index (χ3v) is 4.12. The molecule has 0 heterocycles. The van der Waals surface area contributed by atoms with Crippen molar-refractivity contribution in [1.82, 2.24) is 0 Å². The summed E-state index contributed by atoms with van der Waals surface area (Å²) < 4.78 is 0. The Morgan fingerprint density at radius 3 is 2.30 bits per heavy atom. The molecule has 0 bridgehead atoms. The lowest BCUT2D eigenvalue weighted by atomic mass is 10.0. The van der Waals surface area contributed by atoms with Crippen molar-refractivity contribution in [2.24, 2.45) is 0 Å². The van der Waals surface area contributed by atoms with E-state index in [1.54, 1.807) is 29.2 Å². The van der Waals surface area contributed by atoms with Gasteiger partial charge in [-0.3, -0.25) is 15.7 Å². The molecule has 0 aliphatic rings. The van der Waals surface area contributed by atoms with E-state index in [1.807, 2.05) is 30.5 Å². The molecule has 3 N–H and O–H groups in total. The monoisotopic (exact) mass is 327 g/mol. The quantitative estimate of drug-likeness (QED) is 0.568. The number of hydrogen-bond acceptors (Lipinski definition) is 4. The van der Waals surface area contributed by atoms with Crippen LogP contribution < -0.4 is 4.90 Å². The summed E-state index contributed by atoms with van der Waals surface area (Å²) in [6.07, 6.45) is 1.81. The van der Waals surface area contributed by atoms with Crippen molar-refractivity contribution < 1.29 is 5.11 Å². The van der Waals surface area contributed by atoms with Gasteiger partial charge in [-0.25, -0.2) is 0 Å². The maximum absolute atomic E-state index is 9.46. The van der Waals surface area contributed by atoms with Crippen molar-refractivity contribution in [3.05, 3.63) is 59.7 Å². The lowest BCUT2D eigenvalue weighted by molar-refractivity contribution is 0.475. The van der Waals surface area contributed by atoms with Crippen molar-refractivity contribution in [2.45, 2.75) is 19.8 Å². The van der Waals surface area contributed by atoms with Crippen LogP contribution in [0.4, 0.5) is 5.69 Å². The summed E-state index contributed by atoms with van der Waals surface area (Å²) in [5.41, 5.74) is 2.61. The Morgan fingerprint density at radius 1 is 1.09 bits per heavy atom. The number of phenolic OH excluding ortho intramolecular Hbond substituents is 1. The molecule has 0 unspecified atom stereocenters. The third-order valence-electron chi connectivity index (χ3n) is 3.55. The minimum absolute atomic E-state index is 0.165. The molecule has 0 saturated carbocycles. The number of anilines is 1. The molecule has 2 aromatic rings. The number of nitrogens with zero attached hydrogens (tertiary/aromatic N) is 1. The minimum atomic E-state index is 0.165. The van der Waals surface area contributed by atoms with Crippen LogP contribution in [-0.4, -0.2) is 22.4 Å². The van der Waals surface area contributed by atoms with Gasteiger partial charge in [0.05, 0.1) is 0 Å². The van der Waals surface area contributed by atoms with Crippen LogP contribution >= 0.6 is 11.8 Å². The highest BCUT2D eigenvalue weighted by atomic mass is 32.2. The van der Waals surface area contributed by atoms with E-state index < -0.39 is 0 Å². The molecule has 2 rings (SSSR count). The SMILES string of the molecule is CSC(=N)N(C(=N)c1cccc(C(C)C)c1)c1ccc(O)cc1. The number of aromatic hydroxyl groups is 1. The number of rotatable bonds is 3. The number of phenols is 1. The molecule has 0 amide bonds. The second-order valence-electron chi connectivity index (χ2n) is 5.49. The molecule has 0 spiro atoms. The molecule has 0 atom stereocenters. The summed E-state index contributed by atoms with van der Waals surface area (Å²) in [5.74, 6) is 0.792. The average Bonchev–Trinajstić information content (AvgIpc) is 2.56. The van der Waals surface area contributed by atoms with Gasteiger partial charge in [0.25, 0.3) is 0 Å². The first-order chi connectivity index (χ1) is 10.9. The molecule has 0 aromatic heterocycles. The highest BCUT2D eigenvalue weighted by Gasteiger charge is 2.19. The topological polar surface area (TPSA) is 71.2 Å². The van der Waals surface area contributed by atoms with Gasteiger partial charge in [0, 0.05) is 11.3 Å². The van der Waals surface area contributed by atoms with Gasteiger partial charge in [0.15, 0.2) is 5.17 Å². The van der Waals surface area contributed by atoms with Gasteiger partial charge in [-0.1, -0.05) is 43.8 Å². The molecule has 120 valence electrons. The van der Waals surface area contributed by atoms with Crippen molar-refractivity contribution in [1.29, 1.82) is 10.8 Å². The van der Waals surface area contributed by atoms with Crippen LogP contribution in [0.15, 0.2) is 48.5 Å². The molecule has 23 heavy (non-hydrogen) atoms. The summed E-state index contributed by atoms with van der Waals surface area (Å²) >= 11 is 1.27. The second-order valence-corrected chi connectivity index (χ2v) is 6.28. The lowest BCUT2D eigenvalue weighted by Crippen LogP contribution is -2.34. The zero-order valence-corrected chi connectivity index (χ0v) is 14.3. The van der Waals surface area contributed by atoms with Gasteiger partial charge < -0.3 is 5.11 Å². The van der Waals surface area contributed by atoms with Gasteiger partial charge in [-0.2, -0.15) is 0 Å². The Hall–Kier alpha value is -2.27. The zero-order valence-electron chi connectivity index (χ0n) is 13.5. The first kappa shape index (κ1) is 17.1. The molecule has 2 aromatic carbocycles.